The number of carbonyl (C=O) groups excluding carboxylic acids is 2. The van der Waals surface area contributed by atoms with Crippen molar-refractivity contribution in [2.24, 2.45) is 5.92 Å². The largest absolute Gasteiger partial charge is 0.444 e. The lowest BCUT2D eigenvalue weighted by molar-refractivity contribution is -0.123. The van der Waals surface area contributed by atoms with E-state index in [0.29, 0.717) is 6.54 Å². The number of pyridine rings is 1. The lowest BCUT2D eigenvalue weighted by Crippen LogP contribution is -2.44. The molecule has 3 rings (SSSR count). The van der Waals surface area contributed by atoms with E-state index in [-0.39, 0.29) is 29.4 Å². The number of ether oxygens (including phenoxy) is 1. The molecule has 1 aliphatic heterocycles. The SMILES string of the molecule is Cc1ccc2c(n1)C(C)(C)CN2C(=O)C1CCC(NC(=O)OC(C)(C)C)CC1. The van der Waals surface area contributed by atoms with Crippen LogP contribution in [0.15, 0.2) is 12.1 Å². The average Bonchev–Trinajstić information content (AvgIpc) is 2.84. The van der Waals surface area contributed by atoms with Gasteiger partial charge in [0.2, 0.25) is 5.91 Å². The highest BCUT2D eigenvalue weighted by atomic mass is 16.6. The number of amides is 2. The summed E-state index contributed by atoms with van der Waals surface area (Å²) in [6.45, 7) is 12.5. The van der Waals surface area contributed by atoms with E-state index < -0.39 is 5.60 Å². The number of fused-ring (bicyclic) bond motifs is 1. The Kier molecular flexibility index (Phi) is 5.43. The van der Waals surface area contributed by atoms with E-state index in [4.69, 9.17) is 9.72 Å². The van der Waals surface area contributed by atoms with Gasteiger partial charge in [-0.3, -0.25) is 9.78 Å². The number of anilines is 1. The van der Waals surface area contributed by atoms with Gasteiger partial charge in [-0.05, 0) is 65.5 Å². The fraction of sp³-hybridized carbons (Fsp3) is 0.682. The van der Waals surface area contributed by atoms with Gasteiger partial charge in [-0.25, -0.2) is 4.79 Å². The summed E-state index contributed by atoms with van der Waals surface area (Å²) < 4.78 is 5.34. The Morgan fingerprint density at radius 1 is 1.18 bits per heavy atom. The minimum Gasteiger partial charge on any atom is -0.444 e. The molecule has 28 heavy (non-hydrogen) atoms. The molecular weight excluding hydrogens is 354 g/mol. The van der Waals surface area contributed by atoms with Gasteiger partial charge in [-0.2, -0.15) is 0 Å². The van der Waals surface area contributed by atoms with E-state index in [1.54, 1.807) is 0 Å². The van der Waals surface area contributed by atoms with Crippen molar-refractivity contribution in [1.82, 2.24) is 10.3 Å². The summed E-state index contributed by atoms with van der Waals surface area (Å²) in [6, 6.07) is 4.08. The van der Waals surface area contributed by atoms with Gasteiger partial charge in [0, 0.05) is 29.6 Å². The van der Waals surface area contributed by atoms with E-state index in [0.717, 1.165) is 42.8 Å². The molecule has 0 bridgehead atoms. The molecule has 6 heteroatoms. The maximum atomic E-state index is 13.2. The number of alkyl carbamates (subject to hydrolysis) is 1. The first kappa shape index (κ1) is 20.6. The fourth-order valence-corrected chi connectivity index (χ4v) is 4.20. The van der Waals surface area contributed by atoms with Gasteiger partial charge in [0.25, 0.3) is 0 Å². The van der Waals surface area contributed by atoms with Crippen molar-refractivity contribution in [2.75, 3.05) is 11.4 Å². The quantitative estimate of drug-likeness (QED) is 0.829. The van der Waals surface area contributed by atoms with Crippen LogP contribution in [-0.4, -0.2) is 35.2 Å². The Balaban J connectivity index is 1.60. The number of nitrogens with zero attached hydrogens (tertiary/aromatic N) is 2. The molecule has 0 saturated heterocycles. The second-order valence-electron chi connectivity index (χ2n) is 9.82. The van der Waals surface area contributed by atoms with Crippen molar-refractivity contribution in [3.63, 3.8) is 0 Å². The standard InChI is InChI=1S/C22H33N3O3/c1-14-7-12-17-18(23-14)22(5,6)13-25(17)19(26)15-8-10-16(11-9-15)24-20(27)28-21(2,3)4/h7,12,15-16H,8-11,13H2,1-6H3,(H,24,27). The summed E-state index contributed by atoms with van der Waals surface area (Å²) >= 11 is 0. The summed E-state index contributed by atoms with van der Waals surface area (Å²) in [4.78, 5) is 31.8. The highest BCUT2D eigenvalue weighted by Gasteiger charge is 2.42. The molecule has 1 fully saturated rings. The molecule has 0 aromatic carbocycles. The van der Waals surface area contributed by atoms with Crippen LogP contribution in [0, 0.1) is 12.8 Å². The van der Waals surface area contributed by atoms with Gasteiger partial charge in [0.15, 0.2) is 0 Å². The zero-order valence-electron chi connectivity index (χ0n) is 18.0. The number of hydrogen-bond donors (Lipinski definition) is 1. The van der Waals surface area contributed by atoms with Crippen LogP contribution in [-0.2, 0) is 14.9 Å². The summed E-state index contributed by atoms with van der Waals surface area (Å²) in [5.74, 6) is 0.188. The fourth-order valence-electron chi connectivity index (χ4n) is 4.20. The predicted octanol–water partition coefficient (Wildman–Crippen LogP) is 4.10. The zero-order valence-corrected chi connectivity index (χ0v) is 18.0. The van der Waals surface area contributed by atoms with E-state index in [1.165, 1.54) is 0 Å². The van der Waals surface area contributed by atoms with Crippen LogP contribution in [0.1, 0.15) is 71.7 Å². The molecule has 1 aliphatic carbocycles. The molecule has 1 aromatic heterocycles. The third kappa shape index (κ3) is 4.47. The molecule has 2 amide bonds. The molecule has 2 heterocycles. The Hall–Kier alpha value is -2.11. The highest BCUT2D eigenvalue weighted by Crippen LogP contribution is 2.41. The Labute approximate surface area is 168 Å². The van der Waals surface area contributed by atoms with Crippen molar-refractivity contribution in [2.45, 2.75) is 84.3 Å². The number of nitrogens with one attached hydrogen (secondary N) is 1. The van der Waals surface area contributed by atoms with Gasteiger partial charge >= 0.3 is 6.09 Å². The summed E-state index contributed by atoms with van der Waals surface area (Å²) in [5, 5.41) is 2.94. The molecule has 6 nitrogen and oxygen atoms in total. The first-order valence-electron chi connectivity index (χ1n) is 10.3. The summed E-state index contributed by atoms with van der Waals surface area (Å²) in [7, 11) is 0. The number of rotatable bonds is 2. The van der Waals surface area contributed by atoms with E-state index in [1.807, 2.05) is 44.7 Å². The van der Waals surface area contributed by atoms with E-state index >= 15 is 0 Å². The van der Waals surface area contributed by atoms with Gasteiger partial charge in [-0.15, -0.1) is 0 Å². The minimum atomic E-state index is -0.500. The van der Waals surface area contributed by atoms with Crippen LogP contribution in [0.2, 0.25) is 0 Å². The Morgan fingerprint density at radius 3 is 2.43 bits per heavy atom. The van der Waals surface area contributed by atoms with Crippen LogP contribution in [0.3, 0.4) is 0 Å². The van der Waals surface area contributed by atoms with Gasteiger partial charge in [-0.1, -0.05) is 13.8 Å². The second kappa shape index (κ2) is 7.37. The molecule has 0 unspecified atom stereocenters. The summed E-state index contributed by atoms with van der Waals surface area (Å²) in [5.41, 5.74) is 2.32. The van der Waals surface area contributed by atoms with Crippen LogP contribution in [0.5, 0.6) is 0 Å². The van der Waals surface area contributed by atoms with Crippen LogP contribution in [0.4, 0.5) is 10.5 Å². The minimum absolute atomic E-state index is 0.000241. The van der Waals surface area contributed by atoms with Gasteiger partial charge in [0.05, 0.1) is 11.4 Å². The monoisotopic (exact) mass is 387 g/mol. The normalized spacial score (nSPS) is 23.9. The molecule has 1 aromatic rings. The van der Waals surface area contributed by atoms with Crippen LogP contribution in [0.25, 0.3) is 0 Å². The number of aromatic nitrogens is 1. The third-order valence-electron chi connectivity index (χ3n) is 5.56. The molecular formula is C22H33N3O3. The van der Waals surface area contributed by atoms with Gasteiger partial charge < -0.3 is 15.0 Å². The first-order valence-corrected chi connectivity index (χ1v) is 10.3. The van der Waals surface area contributed by atoms with E-state index in [9.17, 15) is 9.59 Å². The smallest absolute Gasteiger partial charge is 0.407 e. The number of aryl methyl sites for hydroxylation is 1. The number of carbonyl (C=O) groups is 2. The molecule has 0 radical (unpaired) electrons. The van der Waals surface area contributed by atoms with Crippen molar-refractivity contribution >= 4 is 17.7 Å². The van der Waals surface area contributed by atoms with Crippen molar-refractivity contribution < 1.29 is 14.3 Å². The lowest BCUT2D eigenvalue weighted by atomic mass is 9.85. The predicted molar refractivity (Wildman–Crippen MR) is 109 cm³/mol. The zero-order chi connectivity index (χ0) is 20.7. The Morgan fingerprint density at radius 2 is 1.82 bits per heavy atom. The summed E-state index contributed by atoms with van der Waals surface area (Å²) in [6.07, 6.45) is 2.78. The van der Waals surface area contributed by atoms with Crippen molar-refractivity contribution in [3.05, 3.63) is 23.5 Å². The highest BCUT2D eigenvalue weighted by molar-refractivity contribution is 5.97. The maximum Gasteiger partial charge on any atom is 0.407 e. The molecule has 2 aliphatic rings. The average molecular weight is 388 g/mol. The topological polar surface area (TPSA) is 71.5 Å². The van der Waals surface area contributed by atoms with Crippen molar-refractivity contribution in [3.8, 4) is 0 Å². The second-order valence-corrected chi connectivity index (χ2v) is 9.82. The lowest BCUT2D eigenvalue weighted by Gasteiger charge is -2.32. The van der Waals surface area contributed by atoms with Crippen LogP contribution < -0.4 is 10.2 Å². The first-order chi connectivity index (χ1) is 13.0. The Bertz CT molecular complexity index is 759. The number of hydrogen-bond acceptors (Lipinski definition) is 4. The molecule has 1 saturated carbocycles. The molecule has 154 valence electrons. The third-order valence-corrected chi connectivity index (χ3v) is 5.56. The molecule has 1 N–H and O–H groups in total. The van der Waals surface area contributed by atoms with Crippen LogP contribution >= 0.6 is 0 Å². The van der Waals surface area contributed by atoms with E-state index in [2.05, 4.69) is 19.2 Å². The molecule has 0 atom stereocenters. The molecule has 0 spiro atoms. The maximum absolute atomic E-state index is 13.2. The van der Waals surface area contributed by atoms with Crippen molar-refractivity contribution in [1.29, 1.82) is 0 Å². The van der Waals surface area contributed by atoms with Gasteiger partial charge in [0.1, 0.15) is 5.60 Å².